The molecule has 2 rings (SSSR count). The minimum Gasteiger partial charge on any atom is -0.370 e. The highest BCUT2D eigenvalue weighted by Crippen LogP contribution is 2.06. The van der Waals surface area contributed by atoms with Gasteiger partial charge in [-0.25, -0.2) is 9.78 Å². The van der Waals surface area contributed by atoms with Crippen LogP contribution in [0.5, 0.6) is 0 Å². The van der Waals surface area contributed by atoms with E-state index >= 15 is 0 Å². The number of aromatic nitrogens is 3. The quantitative estimate of drug-likeness (QED) is 0.879. The van der Waals surface area contributed by atoms with Gasteiger partial charge in [0, 0.05) is 31.5 Å². The van der Waals surface area contributed by atoms with Gasteiger partial charge in [-0.1, -0.05) is 0 Å². The molecule has 0 aliphatic carbocycles. The average Bonchev–Trinajstić information content (AvgIpc) is 2.44. The van der Waals surface area contributed by atoms with Crippen molar-refractivity contribution >= 4 is 5.82 Å². The van der Waals surface area contributed by atoms with Crippen molar-refractivity contribution in [2.75, 3.05) is 11.9 Å². The predicted octanol–water partition coefficient (Wildman–Crippen LogP) is 0.905. The van der Waals surface area contributed by atoms with Gasteiger partial charge in [-0.05, 0) is 31.5 Å². The van der Waals surface area contributed by atoms with Crippen LogP contribution in [-0.2, 0) is 13.1 Å². The van der Waals surface area contributed by atoms with Gasteiger partial charge in [-0.2, -0.15) is 0 Å². The van der Waals surface area contributed by atoms with E-state index in [2.05, 4.69) is 10.3 Å². The average molecular weight is 274 g/mol. The van der Waals surface area contributed by atoms with Crippen molar-refractivity contribution in [2.24, 2.45) is 0 Å². The van der Waals surface area contributed by atoms with Crippen LogP contribution >= 0.6 is 0 Å². The molecule has 0 spiro atoms. The Morgan fingerprint density at radius 1 is 1.25 bits per heavy atom. The summed E-state index contributed by atoms with van der Waals surface area (Å²) in [7, 11) is 0. The predicted molar refractivity (Wildman–Crippen MR) is 78.1 cm³/mol. The second-order valence-corrected chi connectivity index (χ2v) is 4.39. The first-order valence-corrected chi connectivity index (χ1v) is 6.64. The molecule has 0 atom stereocenters. The maximum atomic E-state index is 12.1. The van der Waals surface area contributed by atoms with E-state index in [1.165, 1.54) is 21.4 Å². The molecule has 0 aliphatic heterocycles. The van der Waals surface area contributed by atoms with E-state index in [0.29, 0.717) is 6.54 Å². The maximum absolute atomic E-state index is 12.1. The smallest absolute Gasteiger partial charge is 0.331 e. The summed E-state index contributed by atoms with van der Waals surface area (Å²) < 4.78 is 2.74. The van der Waals surface area contributed by atoms with Crippen LogP contribution in [0.1, 0.15) is 19.4 Å². The minimum absolute atomic E-state index is 0.249. The van der Waals surface area contributed by atoms with Crippen LogP contribution in [0.2, 0.25) is 0 Å². The lowest BCUT2D eigenvalue weighted by atomic mass is 10.2. The monoisotopic (exact) mass is 274 g/mol. The van der Waals surface area contributed by atoms with Gasteiger partial charge in [0.2, 0.25) is 0 Å². The van der Waals surface area contributed by atoms with Gasteiger partial charge >= 0.3 is 5.69 Å². The summed E-state index contributed by atoms with van der Waals surface area (Å²) in [6, 6.07) is 5.06. The third-order valence-electron chi connectivity index (χ3n) is 3.00. The van der Waals surface area contributed by atoms with E-state index in [4.69, 9.17) is 0 Å². The van der Waals surface area contributed by atoms with E-state index in [1.54, 1.807) is 12.3 Å². The molecule has 2 heterocycles. The number of rotatable bonds is 5. The van der Waals surface area contributed by atoms with Crippen LogP contribution in [-0.4, -0.2) is 20.7 Å². The molecular weight excluding hydrogens is 256 g/mol. The van der Waals surface area contributed by atoms with Gasteiger partial charge in [0.05, 0.1) is 6.54 Å². The molecule has 0 saturated heterocycles. The number of pyridine rings is 1. The molecule has 0 fully saturated rings. The second kappa shape index (κ2) is 6.18. The standard InChI is InChI=1S/C14H18N4O2/c1-3-15-12-9-11(5-7-16-12)10-18-13(19)6-8-17(4-2)14(18)20/h5-9H,3-4,10H2,1-2H3,(H,15,16). The molecule has 0 amide bonds. The summed E-state index contributed by atoms with van der Waals surface area (Å²) in [6.45, 7) is 5.41. The van der Waals surface area contributed by atoms with Crippen LogP contribution < -0.4 is 16.6 Å². The molecular formula is C14H18N4O2. The molecule has 0 aromatic carbocycles. The second-order valence-electron chi connectivity index (χ2n) is 4.39. The number of hydrogen-bond acceptors (Lipinski definition) is 4. The Bertz CT molecular complexity index is 703. The largest absolute Gasteiger partial charge is 0.370 e. The van der Waals surface area contributed by atoms with Crippen LogP contribution in [0, 0.1) is 0 Å². The Balaban J connectivity index is 2.37. The molecule has 1 N–H and O–H groups in total. The van der Waals surface area contributed by atoms with Gasteiger partial charge in [0.1, 0.15) is 5.82 Å². The minimum atomic E-state index is -0.290. The van der Waals surface area contributed by atoms with E-state index in [1.807, 2.05) is 19.9 Å². The number of nitrogens with one attached hydrogen (secondary N) is 1. The van der Waals surface area contributed by atoms with Crippen LogP contribution in [0.3, 0.4) is 0 Å². The summed E-state index contributed by atoms with van der Waals surface area (Å²) >= 11 is 0. The molecule has 0 aliphatic rings. The van der Waals surface area contributed by atoms with E-state index in [-0.39, 0.29) is 17.8 Å². The Kier molecular flexibility index (Phi) is 4.34. The lowest BCUT2D eigenvalue weighted by molar-refractivity contribution is 0.600. The van der Waals surface area contributed by atoms with Crippen molar-refractivity contribution in [3.05, 3.63) is 57.0 Å². The molecule has 0 unspecified atom stereocenters. The Hall–Kier alpha value is -2.37. The lowest BCUT2D eigenvalue weighted by Gasteiger charge is -2.09. The highest BCUT2D eigenvalue weighted by molar-refractivity contribution is 5.37. The summed E-state index contributed by atoms with van der Waals surface area (Å²) in [5, 5.41) is 3.10. The molecule has 6 nitrogen and oxygen atoms in total. The van der Waals surface area contributed by atoms with Crippen LogP contribution in [0.25, 0.3) is 0 Å². The molecule has 6 heteroatoms. The molecule has 2 aromatic heterocycles. The van der Waals surface area contributed by atoms with Gasteiger partial charge < -0.3 is 9.88 Å². The van der Waals surface area contributed by atoms with Gasteiger partial charge in [-0.15, -0.1) is 0 Å². The van der Waals surface area contributed by atoms with E-state index in [9.17, 15) is 9.59 Å². The molecule has 0 saturated carbocycles. The van der Waals surface area contributed by atoms with Crippen molar-refractivity contribution < 1.29 is 0 Å². The number of nitrogens with zero attached hydrogens (tertiary/aromatic N) is 3. The first kappa shape index (κ1) is 14.0. The van der Waals surface area contributed by atoms with E-state index < -0.39 is 0 Å². The topological polar surface area (TPSA) is 68.9 Å². The molecule has 20 heavy (non-hydrogen) atoms. The van der Waals surface area contributed by atoms with Gasteiger partial charge in [-0.3, -0.25) is 9.36 Å². The highest BCUT2D eigenvalue weighted by Gasteiger charge is 2.05. The third kappa shape index (κ3) is 2.96. The SMILES string of the molecule is CCNc1cc(Cn2c(=O)ccn(CC)c2=O)ccn1. The summed E-state index contributed by atoms with van der Waals surface area (Å²) in [4.78, 5) is 28.1. The Morgan fingerprint density at radius 3 is 2.75 bits per heavy atom. The van der Waals surface area contributed by atoms with Crippen molar-refractivity contribution in [2.45, 2.75) is 26.9 Å². The number of anilines is 1. The van der Waals surface area contributed by atoms with Crippen LogP contribution in [0.4, 0.5) is 5.82 Å². The van der Waals surface area contributed by atoms with Crippen LogP contribution in [0.15, 0.2) is 40.2 Å². The summed E-state index contributed by atoms with van der Waals surface area (Å²) in [6.07, 6.45) is 3.19. The normalized spacial score (nSPS) is 10.5. The first-order valence-electron chi connectivity index (χ1n) is 6.64. The van der Waals surface area contributed by atoms with Gasteiger partial charge in [0.25, 0.3) is 5.56 Å². The third-order valence-corrected chi connectivity index (χ3v) is 3.00. The fraction of sp³-hybridized carbons (Fsp3) is 0.357. The molecule has 106 valence electrons. The fourth-order valence-corrected chi connectivity index (χ4v) is 1.98. The maximum Gasteiger partial charge on any atom is 0.331 e. The Labute approximate surface area is 116 Å². The van der Waals surface area contributed by atoms with Gasteiger partial charge in [0.15, 0.2) is 0 Å². The van der Waals surface area contributed by atoms with Crippen molar-refractivity contribution in [1.29, 1.82) is 0 Å². The zero-order valence-electron chi connectivity index (χ0n) is 11.7. The molecule has 0 bridgehead atoms. The molecule has 0 radical (unpaired) electrons. The van der Waals surface area contributed by atoms with Crippen molar-refractivity contribution in [3.8, 4) is 0 Å². The van der Waals surface area contributed by atoms with E-state index in [0.717, 1.165) is 17.9 Å². The first-order chi connectivity index (χ1) is 9.65. The van der Waals surface area contributed by atoms with Crippen molar-refractivity contribution in [3.63, 3.8) is 0 Å². The highest BCUT2D eigenvalue weighted by atomic mass is 16.2. The van der Waals surface area contributed by atoms with Crippen molar-refractivity contribution in [1.82, 2.24) is 14.1 Å². The fourth-order valence-electron chi connectivity index (χ4n) is 1.98. The Morgan fingerprint density at radius 2 is 2.05 bits per heavy atom. The number of hydrogen-bond donors (Lipinski definition) is 1. The summed E-state index contributed by atoms with van der Waals surface area (Å²) in [5.74, 6) is 0.741. The zero-order chi connectivity index (χ0) is 14.5. The zero-order valence-corrected chi connectivity index (χ0v) is 11.7. The summed E-state index contributed by atoms with van der Waals surface area (Å²) in [5.41, 5.74) is 0.285. The molecule has 2 aromatic rings. The number of aryl methyl sites for hydroxylation is 1. The lowest BCUT2D eigenvalue weighted by Crippen LogP contribution is -2.39.